The summed E-state index contributed by atoms with van der Waals surface area (Å²) in [7, 11) is 1.48. The summed E-state index contributed by atoms with van der Waals surface area (Å²) < 4.78 is 57.2. The van der Waals surface area contributed by atoms with E-state index >= 15 is 0 Å². The molecule has 12 heteroatoms. The van der Waals surface area contributed by atoms with Gasteiger partial charge in [-0.25, -0.2) is 4.39 Å². The summed E-state index contributed by atoms with van der Waals surface area (Å²) >= 11 is 0. The Labute approximate surface area is 196 Å². The molecule has 2 heterocycles. The summed E-state index contributed by atoms with van der Waals surface area (Å²) in [5, 5.41) is 13.7. The van der Waals surface area contributed by atoms with Gasteiger partial charge in [-0.3, -0.25) is 14.4 Å². The minimum Gasteiger partial charge on any atom is -0.374 e. The van der Waals surface area contributed by atoms with E-state index in [1.54, 1.807) is 6.07 Å². The molecule has 0 saturated carbocycles. The Balaban J connectivity index is 1.87. The van der Waals surface area contributed by atoms with E-state index in [4.69, 9.17) is 10.00 Å². The van der Waals surface area contributed by atoms with Gasteiger partial charge in [0, 0.05) is 24.3 Å². The van der Waals surface area contributed by atoms with E-state index in [1.165, 1.54) is 31.5 Å². The van der Waals surface area contributed by atoms with Gasteiger partial charge < -0.3 is 19.9 Å². The van der Waals surface area contributed by atoms with Crippen molar-refractivity contribution < 1.29 is 36.7 Å². The van der Waals surface area contributed by atoms with Crippen LogP contribution < -0.4 is 10.6 Å². The van der Waals surface area contributed by atoms with Gasteiger partial charge in [0.15, 0.2) is 0 Å². The zero-order valence-electron chi connectivity index (χ0n) is 18.7. The molecule has 2 amide bonds. The number of halogens is 4. The minimum absolute atomic E-state index is 0.0139. The van der Waals surface area contributed by atoms with Crippen molar-refractivity contribution in [3.05, 3.63) is 52.1 Å². The number of nitrogens with one attached hydrogen (secondary N) is 2. The molecule has 0 unspecified atom stereocenters. The van der Waals surface area contributed by atoms with E-state index in [0.29, 0.717) is 0 Å². The molecule has 8 nitrogen and oxygen atoms in total. The molecular weight excluding hydrogens is 472 g/mol. The molecule has 1 fully saturated rings. The molecule has 1 aliphatic heterocycles. The van der Waals surface area contributed by atoms with E-state index in [2.05, 4.69) is 10.6 Å². The SMILES string of the molecule is Cc1c(C(=O)C(=O)NC2(C#CC(F)(F)F)COC2)c(C)n(C)c1C(=O)Nc1ccc(F)c(C#N)c1. The number of hydrogen-bond acceptors (Lipinski definition) is 5. The van der Waals surface area contributed by atoms with Crippen molar-refractivity contribution in [2.75, 3.05) is 18.5 Å². The maximum Gasteiger partial charge on any atom is 0.457 e. The van der Waals surface area contributed by atoms with Gasteiger partial charge in [0.25, 0.3) is 17.6 Å². The Kier molecular flexibility index (Phi) is 6.72. The van der Waals surface area contributed by atoms with Crippen LogP contribution >= 0.6 is 0 Å². The fourth-order valence-corrected chi connectivity index (χ4v) is 3.57. The van der Waals surface area contributed by atoms with Crippen molar-refractivity contribution in [2.45, 2.75) is 25.6 Å². The number of Topliss-reactive ketones (excluding diaryl/α,β-unsaturated/α-hetero) is 1. The van der Waals surface area contributed by atoms with Crippen LogP contribution in [0, 0.1) is 42.8 Å². The lowest BCUT2D eigenvalue weighted by Crippen LogP contribution is -2.62. The van der Waals surface area contributed by atoms with Crippen LogP contribution in [0.25, 0.3) is 0 Å². The highest BCUT2D eigenvalue weighted by Gasteiger charge is 2.42. The van der Waals surface area contributed by atoms with Crippen LogP contribution in [0.3, 0.4) is 0 Å². The molecule has 1 aliphatic rings. The fourth-order valence-electron chi connectivity index (χ4n) is 3.57. The van der Waals surface area contributed by atoms with Crippen molar-refractivity contribution in [3.8, 4) is 17.9 Å². The second-order valence-electron chi connectivity index (χ2n) is 7.86. The predicted molar refractivity (Wildman–Crippen MR) is 114 cm³/mol. The quantitative estimate of drug-likeness (QED) is 0.290. The topological polar surface area (TPSA) is 113 Å². The van der Waals surface area contributed by atoms with Gasteiger partial charge in [0.05, 0.1) is 24.3 Å². The molecule has 182 valence electrons. The Morgan fingerprint density at radius 1 is 1.20 bits per heavy atom. The zero-order chi connectivity index (χ0) is 26.1. The van der Waals surface area contributed by atoms with E-state index in [-0.39, 0.29) is 47.0 Å². The number of ketones is 1. The van der Waals surface area contributed by atoms with Crippen molar-refractivity contribution in [1.29, 1.82) is 5.26 Å². The third-order valence-electron chi connectivity index (χ3n) is 5.42. The lowest BCUT2D eigenvalue weighted by atomic mass is 9.96. The maximum atomic E-state index is 13.5. The van der Waals surface area contributed by atoms with Gasteiger partial charge in [0.2, 0.25) is 0 Å². The second-order valence-corrected chi connectivity index (χ2v) is 7.86. The molecule has 35 heavy (non-hydrogen) atoms. The molecule has 0 spiro atoms. The van der Waals surface area contributed by atoms with Crippen LogP contribution in [0.5, 0.6) is 0 Å². The molecule has 0 bridgehead atoms. The Bertz CT molecular complexity index is 1340. The van der Waals surface area contributed by atoms with E-state index in [9.17, 15) is 31.9 Å². The number of aromatic nitrogens is 1. The Morgan fingerprint density at radius 3 is 2.40 bits per heavy atom. The minimum atomic E-state index is -4.79. The van der Waals surface area contributed by atoms with Crippen molar-refractivity contribution >= 4 is 23.3 Å². The summed E-state index contributed by atoms with van der Waals surface area (Å²) in [6, 6.07) is 5.06. The highest BCUT2D eigenvalue weighted by Crippen LogP contribution is 2.25. The molecule has 0 radical (unpaired) electrons. The smallest absolute Gasteiger partial charge is 0.374 e. The first-order chi connectivity index (χ1) is 16.3. The van der Waals surface area contributed by atoms with Gasteiger partial charge in [-0.2, -0.15) is 18.4 Å². The third-order valence-corrected chi connectivity index (χ3v) is 5.42. The van der Waals surface area contributed by atoms with Gasteiger partial charge in [-0.1, -0.05) is 5.92 Å². The Hall–Kier alpha value is -4.16. The fraction of sp³-hybridized carbons (Fsp3) is 0.304. The highest BCUT2D eigenvalue weighted by molar-refractivity contribution is 6.44. The third kappa shape index (κ3) is 5.18. The first-order valence-corrected chi connectivity index (χ1v) is 10.0. The highest BCUT2D eigenvalue weighted by atomic mass is 19.4. The van der Waals surface area contributed by atoms with Crippen LogP contribution in [0.4, 0.5) is 23.2 Å². The maximum absolute atomic E-state index is 13.5. The van der Waals surface area contributed by atoms with Crippen molar-refractivity contribution in [1.82, 2.24) is 9.88 Å². The van der Waals surface area contributed by atoms with E-state index in [0.717, 1.165) is 18.1 Å². The lowest BCUT2D eigenvalue weighted by molar-refractivity contribution is -0.124. The summed E-state index contributed by atoms with van der Waals surface area (Å²) in [5.41, 5.74) is -1.49. The number of alkyl halides is 3. The number of carbonyl (C=O) groups is 3. The molecule has 1 aromatic carbocycles. The van der Waals surface area contributed by atoms with E-state index in [1.807, 2.05) is 5.92 Å². The number of nitriles is 1. The number of rotatable bonds is 5. The summed E-state index contributed by atoms with van der Waals surface area (Å²) in [6.07, 6.45) is -4.79. The van der Waals surface area contributed by atoms with Crippen molar-refractivity contribution in [2.24, 2.45) is 7.05 Å². The molecular formula is C23H18F4N4O4. The second kappa shape index (κ2) is 9.24. The van der Waals surface area contributed by atoms with Gasteiger partial charge in [-0.05, 0) is 37.6 Å². The standard InChI is InChI=1S/C23H18F4N4O4/c1-12-17(19(32)21(34)30-22(10-35-11-22)6-7-23(25,26)27)13(2)31(3)18(12)20(33)29-15-4-5-16(24)14(8-15)9-28/h4-5,8H,10-11H2,1-3H3,(H,29,33)(H,30,34). The average Bonchev–Trinajstić information content (AvgIpc) is 2.98. The number of amides is 2. The summed E-state index contributed by atoms with van der Waals surface area (Å²) in [6.45, 7) is 2.27. The largest absolute Gasteiger partial charge is 0.457 e. The predicted octanol–water partition coefficient (Wildman–Crippen LogP) is 2.54. The monoisotopic (exact) mass is 490 g/mol. The lowest BCUT2D eigenvalue weighted by Gasteiger charge is -2.37. The first kappa shape index (κ1) is 25.5. The summed E-state index contributed by atoms with van der Waals surface area (Å²) in [4.78, 5) is 38.5. The Morgan fingerprint density at radius 2 is 1.86 bits per heavy atom. The molecule has 3 rings (SSSR count). The van der Waals surface area contributed by atoms with Gasteiger partial charge in [-0.15, -0.1) is 0 Å². The number of nitrogens with zero attached hydrogens (tertiary/aromatic N) is 2. The molecule has 0 atom stereocenters. The first-order valence-electron chi connectivity index (χ1n) is 10.0. The van der Waals surface area contributed by atoms with Crippen LogP contribution in [0.2, 0.25) is 0 Å². The molecule has 2 aromatic rings. The molecule has 0 aliphatic carbocycles. The van der Waals surface area contributed by atoms with Crippen LogP contribution in [0.15, 0.2) is 18.2 Å². The van der Waals surface area contributed by atoms with Gasteiger partial charge in [0.1, 0.15) is 23.1 Å². The number of anilines is 1. The number of benzene rings is 1. The molecule has 1 saturated heterocycles. The van der Waals surface area contributed by atoms with Gasteiger partial charge >= 0.3 is 6.18 Å². The van der Waals surface area contributed by atoms with Crippen LogP contribution in [-0.2, 0) is 16.6 Å². The number of carbonyl (C=O) groups excluding carboxylic acids is 3. The zero-order valence-corrected chi connectivity index (χ0v) is 18.7. The number of hydrogen-bond donors (Lipinski definition) is 2. The van der Waals surface area contributed by atoms with E-state index < -0.39 is 35.1 Å². The average molecular weight is 490 g/mol. The number of ether oxygens (including phenoxy) is 1. The summed E-state index contributed by atoms with van der Waals surface area (Å²) in [5.74, 6) is -0.731. The van der Waals surface area contributed by atoms with Crippen molar-refractivity contribution in [3.63, 3.8) is 0 Å². The van der Waals surface area contributed by atoms with Crippen LogP contribution in [-0.4, -0.2) is 47.1 Å². The van der Waals surface area contributed by atoms with Crippen LogP contribution in [0.1, 0.15) is 37.7 Å². The molecule has 1 aromatic heterocycles. The normalized spacial score (nSPS) is 14.1. The molecule has 2 N–H and O–H groups in total.